The lowest BCUT2D eigenvalue weighted by atomic mass is 10.1. The first-order valence-electron chi connectivity index (χ1n) is 4.94. The second-order valence-electron chi connectivity index (χ2n) is 3.67. The van der Waals surface area contributed by atoms with Crippen LogP contribution in [0.2, 0.25) is 0 Å². The first-order valence-corrected chi connectivity index (χ1v) is 5.82. The molecule has 2 aromatic rings. The van der Waals surface area contributed by atoms with Crippen LogP contribution in [0.5, 0.6) is 0 Å². The quantitative estimate of drug-likeness (QED) is 0.865. The second kappa shape index (κ2) is 4.21. The van der Waals surface area contributed by atoms with Crippen LogP contribution in [0.1, 0.15) is 28.1 Å². The van der Waals surface area contributed by atoms with Gasteiger partial charge in [-0.15, -0.1) is 11.3 Å². The van der Waals surface area contributed by atoms with Gasteiger partial charge in [0, 0.05) is 16.9 Å². The van der Waals surface area contributed by atoms with Crippen LogP contribution < -0.4 is 0 Å². The monoisotopic (exact) mass is 222 g/mol. The van der Waals surface area contributed by atoms with Crippen molar-refractivity contribution in [3.63, 3.8) is 0 Å². The smallest absolute Gasteiger partial charge is 0.106 e. The van der Waals surface area contributed by atoms with Crippen LogP contribution in [0.25, 0.3) is 0 Å². The third-order valence-corrected chi connectivity index (χ3v) is 3.31. The maximum absolute atomic E-state index is 10.0. The van der Waals surface area contributed by atoms with E-state index in [4.69, 9.17) is 4.42 Å². The summed E-state index contributed by atoms with van der Waals surface area (Å²) in [7, 11) is 0. The summed E-state index contributed by atoms with van der Waals surface area (Å²) in [4.78, 5) is 1.20. The molecule has 0 aliphatic rings. The average molecular weight is 222 g/mol. The highest BCUT2D eigenvalue weighted by atomic mass is 32.1. The molecule has 1 unspecified atom stereocenters. The molecule has 0 aliphatic carbocycles. The number of furan rings is 1. The van der Waals surface area contributed by atoms with E-state index in [1.807, 2.05) is 37.4 Å². The minimum absolute atomic E-state index is 0.457. The molecule has 0 radical (unpaired) electrons. The van der Waals surface area contributed by atoms with Gasteiger partial charge in [0.15, 0.2) is 0 Å². The summed E-state index contributed by atoms with van der Waals surface area (Å²) in [5.41, 5.74) is 0.904. The molecule has 2 aromatic heterocycles. The van der Waals surface area contributed by atoms with Crippen molar-refractivity contribution in [2.45, 2.75) is 26.4 Å². The fraction of sp³-hybridized carbons (Fsp3) is 0.333. The van der Waals surface area contributed by atoms with Crippen LogP contribution in [0, 0.1) is 13.8 Å². The van der Waals surface area contributed by atoms with Gasteiger partial charge in [0.05, 0.1) is 6.10 Å². The van der Waals surface area contributed by atoms with Crippen LogP contribution in [-0.4, -0.2) is 5.11 Å². The van der Waals surface area contributed by atoms with Crippen molar-refractivity contribution in [2.75, 3.05) is 0 Å². The van der Waals surface area contributed by atoms with Crippen molar-refractivity contribution in [1.29, 1.82) is 0 Å². The van der Waals surface area contributed by atoms with Gasteiger partial charge in [0.2, 0.25) is 0 Å². The third-order valence-electron chi connectivity index (χ3n) is 2.41. The molecule has 0 saturated carbocycles. The Kier molecular flexibility index (Phi) is 2.93. The summed E-state index contributed by atoms with van der Waals surface area (Å²) in [6.07, 6.45) is 0.207. The van der Waals surface area contributed by atoms with Crippen molar-refractivity contribution in [2.24, 2.45) is 0 Å². The molecule has 0 aromatic carbocycles. The Bertz CT molecular complexity index is 428. The molecule has 0 spiro atoms. The van der Waals surface area contributed by atoms with Gasteiger partial charge in [-0.3, -0.25) is 0 Å². The number of hydrogen-bond donors (Lipinski definition) is 1. The van der Waals surface area contributed by atoms with Gasteiger partial charge >= 0.3 is 0 Å². The molecular formula is C12H14O2S. The first kappa shape index (κ1) is 10.5. The van der Waals surface area contributed by atoms with Crippen molar-refractivity contribution in [3.8, 4) is 0 Å². The van der Waals surface area contributed by atoms with E-state index < -0.39 is 6.10 Å². The summed E-state index contributed by atoms with van der Waals surface area (Å²) in [6, 6.07) is 5.95. The van der Waals surface area contributed by atoms with E-state index in [0.29, 0.717) is 6.42 Å². The van der Waals surface area contributed by atoms with Crippen LogP contribution in [-0.2, 0) is 6.42 Å². The Balaban J connectivity index is 2.14. The van der Waals surface area contributed by atoms with Crippen LogP contribution >= 0.6 is 11.3 Å². The summed E-state index contributed by atoms with van der Waals surface area (Å²) >= 11 is 1.67. The van der Waals surface area contributed by atoms with Gasteiger partial charge < -0.3 is 9.52 Å². The van der Waals surface area contributed by atoms with Crippen LogP contribution in [0.3, 0.4) is 0 Å². The molecule has 15 heavy (non-hydrogen) atoms. The summed E-state index contributed by atoms with van der Waals surface area (Å²) < 4.78 is 5.40. The SMILES string of the molecule is Cc1cc(C(O)Cc2cccs2)c(C)o1. The van der Waals surface area contributed by atoms with Gasteiger partial charge in [0.25, 0.3) is 0 Å². The molecular weight excluding hydrogens is 208 g/mol. The molecule has 80 valence electrons. The van der Waals surface area contributed by atoms with Gasteiger partial charge in [0.1, 0.15) is 11.5 Å². The standard InChI is InChI=1S/C12H14O2S/c1-8-6-11(9(2)14-8)12(13)7-10-4-3-5-15-10/h3-6,12-13H,7H2,1-2H3. The Labute approximate surface area is 93.2 Å². The lowest BCUT2D eigenvalue weighted by Crippen LogP contribution is -2.00. The zero-order valence-electron chi connectivity index (χ0n) is 8.86. The highest BCUT2D eigenvalue weighted by molar-refractivity contribution is 7.09. The number of aliphatic hydroxyl groups is 1. The zero-order valence-corrected chi connectivity index (χ0v) is 9.67. The topological polar surface area (TPSA) is 33.4 Å². The van der Waals surface area contributed by atoms with Gasteiger partial charge in [-0.05, 0) is 31.4 Å². The van der Waals surface area contributed by atoms with E-state index in [9.17, 15) is 5.11 Å². The lowest BCUT2D eigenvalue weighted by Gasteiger charge is -2.07. The summed E-state index contributed by atoms with van der Waals surface area (Å²) in [6.45, 7) is 3.79. The highest BCUT2D eigenvalue weighted by Crippen LogP contribution is 2.25. The largest absolute Gasteiger partial charge is 0.466 e. The van der Waals surface area contributed by atoms with Crippen molar-refractivity contribution in [3.05, 3.63) is 45.5 Å². The fourth-order valence-corrected chi connectivity index (χ4v) is 2.45. The first-order chi connectivity index (χ1) is 7.16. The minimum atomic E-state index is -0.457. The van der Waals surface area contributed by atoms with Gasteiger partial charge in [-0.25, -0.2) is 0 Å². The minimum Gasteiger partial charge on any atom is -0.466 e. The molecule has 3 heteroatoms. The van der Waals surface area contributed by atoms with E-state index in [-0.39, 0.29) is 0 Å². The average Bonchev–Trinajstić information content (AvgIpc) is 2.75. The lowest BCUT2D eigenvalue weighted by molar-refractivity contribution is 0.177. The Morgan fingerprint density at radius 2 is 2.27 bits per heavy atom. The van der Waals surface area contributed by atoms with E-state index in [1.165, 1.54) is 4.88 Å². The predicted molar refractivity (Wildman–Crippen MR) is 61.2 cm³/mol. The molecule has 0 saturated heterocycles. The van der Waals surface area contributed by atoms with Gasteiger partial charge in [-0.2, -0.15) is 0 Å². The summed E-state index contributed by atoms with van der Waals surface area (Å²) in [5, 5.41) is 12.1. The van der Waals surface area contributed by atoms with E-state index in [1.54, 1.807) is 11.3 Å². The van der Waals surface area contributed by atoms with Gasteiger partial charge in [-0.1, -0.05) is 6.07 Å². The normalized spacial score (nSPS) is 13.0. The third kappa shape index (κ3) is 2.30. The number of aliphatic hydroxyl groups excluding tert-OH is 1. The molecule has 0 fully saturated rings. The molecule has 2 nitrogen and oxygen atoms in total. The Hall–Kier alpha value is -1.06. The van der Waals surface area contributed by atoms with E-state index in [2.05, 4.69) is 0 Å². The predicted octanol–water partition coefficient (Wildman–Crippen LogP) is 3.23. The Morgan fingerprint density at radius 3 is 2.80 bits per heavy atom. The highest BCUT2D eigenvalue weighted by Gasteiger charge is 2.15. The molecule has 0 amide bonds. The van der Waals surface area contributed by atoms with Crippen LogP contribution in [0.4, 0.5) is 0 Å². The number of rotatable bonds is 3. The molecule has 2 heterocycles. The number of hydrogen-bond acceptors (Lipinski definition) is 3. The molecule has 1 atom stereocenters. The van der Waals surface area contributed by atoms with E-state index >= 15 is 0 Å². The summed E-state index contributed by atoms with van der Waals surface area (Å²) in [5.74, 6) is 1.67. The molecule has 2 rings (SSSR count). The van der Waals surface area contributed by atoms with Crippen molar-refractivity contribution < 1.29 is 9.52 Å². The van der Waals surface area contributed by atoms with Crippen LogP contribution in [0.15, 0.2) is 28.0 Å². The van der Waals surface area contributed by atoms with Crippen molar-refractivity contribution in [1.82, 2.24) is 0 Å². The zero-order chi connectivity index (χ0) is 10.8. The fourth-order valence-electron chi connectivity index (χ4n) is 1.71. The maximum Gasteiger partial charge on any atom is 0.106 e. The number of aryl methyl sites for hydroxylation is 2. The number of thiophene rings is 1. The maximum atomic E-state index is 10.0. The molecule has 0 bridgehead atoms. The van der Waals surface area contributed by atoms with Crippen molar-refractivity contribution >= 4 is 11.3 Å². The molecule has 0 aliphatic heterocycles. The Morgan fingerprint density at radius 1 is 1.47 bits per heavy atom. The second-order valence-corrected chi connectivity index (χ2v) is 4.70. The molecule has 1 N–H and O–H groups in total. The van der Waals surface area contributed by atoms with E-state index in [0.717, 1.165) is 17.1 Å².